The fourth-order valence-corrected chi connectivity index (χ4v) is 6.17. The summed E-state index contributed by atoms with van der Waals surface area (Å²) < 4.78 is 13.5. The third kappa shape index (κ3) is 13.1. The summed E-state index contributed by atoms with van der Waals surface area (Å²) in [5.41, 5.74) is 3.66. The molecule has 7 heteroatoms. The highest BCUT2D eigenvalue weighted by Gasteiger charge is 2.39. The minimum absolute atomic E-state index is 0.000385. The van der Waals surface area contributed by atoms with Crippen molar-refractivity contribution in [3.8, 4) is 0 Å². The molecule has 0 spiro atoms. The molecule has 1 heterocycles. The molecule has 7 nitrogen and oxygen atoms in total. The maximum Gasteiger partial charge on any atom is 0.319 e. The zero-order valence-corrected chi connectivity index (χ0v) is 28.6. The minimum Gasteiger partial charge on any atom is -0.392 e. The van der Waals surface area contributed by atoms with Gasteiger partial charge in [0.05, 0.1) is 18.8 Å². The highest BCUT2D eigenvalue weighted by molar-refractivity contribution is 5.89. The number of nitrogens with zero attached hydrogens (tertiary/aromatic N) is 1. The van der Waals surface area contributed by atoms with Gasteiger partial charge < -0.3 is 30.1 Å². The van der Waals surface area contributed by atoms with Crippen molar-refractivity contribution in [1.82, 2.24) is 10.2 Å². The number of aliphatic hydroxyl groups excluding tert-OH is 1. The van der Waals surface area contributed by atoms with Crippen molar-refractivity contribution >= 4 is 11.7 Å². The van der Waals surface area contributed by atoms with Gasteiger partial charge in [-0.3, -0.25) is 0 Å². The van der Waals surface area contributed by atoms with Gasteiger partial charge in [-0.2, -0.15) is 0 Å². The van der Waals surface area contributed by atoms with Gasteiger partial charge in [-0.15, -0.1) is 0 Å². The lowest BCUT2D eigenvalue weighted by Gasteiger charge is -2.43. The highest BCUT2D eigenvalue weighted by Crippen LogP contribution is 2.42. The number of hydrogen-bond donors (Lipinski definition) is 3. The van der Waals surface area contributed by atoms with Gasteiger partial charge in [0, 0.05) is 30.3 Å². The van der Waals surface area contributed by atoms with Crippen LogP contribution in [0.5, 0.6) is 0 Å². The molecular weight excluding hydrogens is 562 g/mol. The predicted octanol–water partition coefficient (Wildman–Crippen LogP) is 9.13. The van der Waals surface area contributed by atoms with E-state index in [0.717, 1.165) is 42.0 Å². The fraction of sp³-hybridized carbons (Fsp3) is 0.658. The molecule has 2 aromatic rings. The van der Waals surface area contributed by atoms with Crippen molar-refractivity contribution in [2.24, 2.45) is 5.92 Å². The van der Waals surface area contributed by atoms with Crippen LogP contribution in [0.4, 0.5) is 10.5 Å². The maximum absolute atomic E-state index is 12.0. The van der Waals surface area contributed by atoms with Crippen LogP contribution in [0, 0.1) is 5.92 Å². The summed E-state index contributed by atoms with van der Waals surface area (Å²) in [5, 5.41) is 15.2. The van der Waals surface area contributed by atoms with Gasteiger partial charge >= 0.3 is 6.03 Å². The van der Waals surface area contributed by atoms with E-state index in [2.05, 4.69) is 48.4 Å². The van der Waals surface area contributed by atoms with Gasteiger partial charge in [0.1, 0.15) is 0 Å². The lowest BCUT2D eigenvalue weighted by atomic mass is 9.90. The zero-order valence-electron chi connectivity index (χ0n) is 28.6. The Morgan fingerprint density at radius 1 is 0.756 bits per heavy atom. The van der Waals surface area contributed by atoms with E-state index in [9.17, 15) is 9.90 Å². The van der Waals surface area contributed by atoms with Gasteiger partial charge in [-0.05, 0) is 56.1 Å². The second-order valence-corrected chi connectivity index (χ2v) is 12.8. The minimum atomic E-state index is -0.517. The Hall–Kier alpha value is -2.45. The molecule has 2 aromatic carbocycles. The van der Waals surface area contributed by atoms with Gasteiger partial charge in [-0.25, -0.2) is 4.79 Å². The summed E-state index contributed by atoms with van der Waals surface area (Å²) in [6, 6.07) is 15.7. The van der Waals surface area contributed by atoms with Gasteiger partial charge in [0.2, 0.25) is 0 Å². The monoisotopic (exact) mass is 623 g/mol. The molecule has 0 bridgehead atoms. The molecule has 1 fully saturated rings. The maximum atomic E-state index is 12.0. The van der Waals surface area contributed by atoms with E-state index in [1.54, 1.807) is 0 Å². The molecular formula is C38H61N3O4. The van der Waals surface area contributed by atoms with Gasteiger partial charge in [0.25, 0.3) is 0 Å². The summed E-state index contributed by atoms with van der Waals surface area (Å²) in [4.78, 5) is 14.7. The van der Waals surface area contributed by atoms with Crippen molar-refractivity contribution in [2.75, 3.05) is 31.5 Å². The van der Waals surface area contributed by atoms with Crippen molar-refractivity contribution < 1.29 is 19.4 Å². The average molecular weight is 624 g/mol. The fourth-order valence-electron chi connectivity index (χ4n) is 6.17. The number of aliphatic hydroxyl groups is 1. The SMILES string of the molecule is CCCCCCCCN(CCCCCCCC)C[C@@H]1O[C@H](c2ccc(NC(=O)NCC)cc2)O[C@H](c2ccc(CO)cc2)[C@@H]1C. The molecule has 4 atom stereocenters. The number of benzene rings is 2. The molecule has 0 unspecified atom stereocenters. The molecule has 1 aliphatic heterocycles. The molecule has 0 aliphatic carbocycles. The second kappa shape index (κ2) is 21.4. The molecule has 0 saturated carbocycles. The van der Waals surface area contributed by atoms with E-state index in [0.29, 0.717) is 6.54 Å². The normalized spacial score (nSPS) is 20.0. The summed E-state index contributed by atoms with van der Waals surface area (Å²) in [6.07, 6.45) is 14.9. The number of carbonyl (C=O) groups is 1. The van der Waals surface area contributed by atoms with E-state index in [4.69, 9.17) is 9.47 Å². The van der Waals surface area contributed by atoms with E-state index in [1.165, 1.54) is 77.0 Å². The molecule has 3 N–H and O–H groups in total. The first-order valence-corrected chi connectivity index (χ1v) is 17.9. The number of ether oxygens (including phenoxy) is 2. The zero-order chi connectivity index (χ0) is 32.3. The van der Waals surface area contributed by atoms with Crippen LogP contribution in [0.1, 0.15) is 134 Å². The first-order chi connectivity index (χ1) is 22.0. The number of unbranched alkanes of at least 4 members (excludes halogenated alkanes) is 10. The van der Waals surface area contributed by atoms with E-state index < -0.39 is 6.29 Å². The Morgan fingerprint density at radius 2 is 1.31 bits per heavy atom. The van der Waals surface area contributed by atoms with Crippen LogP contribution in [0.25, 0.3) is 0 Å². The van der Waals surface area contributed by atoms with Crippen LogP contribution in [0.2, 0.25) is 0 Å². The largest absolute Gasteiger partial charge is 0.392 e. The lowest BCUT2D eigenvalue weighted by molar-refractivity contribution is -0.276. The van der Waals surface area contributed by atoms with E-state index >= 15 is 0 Å². The molecule has 1 saturated heterocycles. The third-order valence-corrected chi connectivity index (χ3v) is 9.00. The number of carbonyl (C=O) groups excluding carboxylic acids is 1. The quantitative estimate of drug-likeness (QED) is 0.121. The van der Waals surface area contributed by atoms with E-state index in [-0.39, 0.29) is 30.8 Å². The first-order valence-electron chi connectivity index (χ1n) is 17.9. The number of rotatable bonds is 21. The second-order valence-electron chi connectivity index (χ2n) is 12.8. The predicted molar refractivity (Wildman–Crippen MR) is 185 cm³/mol. The Kier molecular flexibility index (Phi) is 17.6. The van der Waals surface area contributed by atoms with Crippen LogP contribution < -0.4 is 10.6 Å². The van der Waals surface area contributed by atoms with Crippen molar-refractivity contribution in [3.63, 3.8) is 0 Å². The van der Waals surface area contributed by atoms with Crippen LogP contribution in [-0.4, -0.2) is 48.3 Å². The summed E-state index contributed by atoms with van der Waals surface area (Å²) in [5.74, 6) is 0.150. The standard InChI is InChI=1S/C38H61N3O4/c1-5-8-10-12-14-16-26-41(27-17-15-13-11-9-6-2)28-35-30(4)36(32-20-18-31(29-42)19-21-32)45-37(44-35)33-22-24-34(25-23-33)40-38(43)39-7-3/h18-25,30,35-37,42H,5-17,26-29H2,1-4H3,(H2,39,40,43)/t30-,35+,36+,37+/m1/s1. The van der Waals surface area contributed by atoms with Crippen LogP contribution in [-0.2, 0) is 16.1 Å². The molecule has 3 rings (SSSR count). The van der Waals surface area contributed by atoms with Crippen molar-refractivity contribution in [2.45, 2.75) is 130 Å². The first kappa shape index (κ1) is 37.0. The number of nitrogens with one attached hydrogen (secondary N) is 2. The summed E-state index contributed by atoms with van der Waals surface area (Å²) in [7, 11) is 0. The Labute approximate surface area is 273 Å². The van der Waals surface area contributed by atoms with Gasteiger partial charge in [-0.1, -0.05) is 121 Å². The van der Waals surface area contributed by atoms with Crippen molar-refractivity contribution in [3.05, 3.63) is 65.2 Å². The Balaban J connectivity index is 1.76. The topological polar surface area (TPSA) is 83.1 Å². The Morgan fingerprint density at radius 3 is 1.87 bits per heavy atom. The molecule has 45 heavy (non-hydrogen) atoms. The van der Waals surface area contributed by atoms with Crippen LogP contribution in [0.3, 0.4) is 0 Å². The van der Waals surface area contributed by atoms with Crippen LogP contribution in [0.15, 0.2) is 48.5 Å². The lowest BCUT2D eigenvalue weighted by Crippen LogP contribution is -2.45. The summed E-state index contributed by atoms with van der Waals surface area (Å²) in [6.45, 7) is 12.4. The van der Waals surface area contributed by atoms with Crippen molar-refractivity contribution in [1.29, 1.82) is 0 Å². The number of amides is 2. The average Bonchev–Trinajstić information content (AvgIpc) is 3.05. The number of anilines is 1. The molecule has 0 aromatic heterocycles. The number of urea groups is 1. The smallest absolute Gasteiger partial charge is 0.319 e. The van der Waals surface area contributed by atoms with E-state index in [1.807, 2.05) is 43.3 Å². The van der Waals surface area contributed by atoms with Crippen LogP contribution >= 0.6 is 0 Å². The Bertz CT molecular complexity index is 1050. The van der Waals surface area contributed by atoms with Gasteiger partial charge in [0.15, 0.2) is 6.29 Å². The molecule has 2 amide bonds. The summed E-state index contributed by atoms with van der Waals surface area (Å²) >= 11 is 0. The highest BCUT2D eigenvalue weighted by atomic mass is 16.7. The molecule has 0 radical (unpaired) electrons. The third-order valence-electron chi connectivity index (χ3n) is 9.00. The number of hydrogen-bond acceptors (Lipinski definition) is 5. The molecule has 252 valence electrons. The molecule has 1 aliphatic rings.